The summed E-state index contributed by atoms with van der Waals surface area (Å²) in [5.41, 5.74) is 6.37. The number of amides is 2. The molecular formula is C21H21N3O5S. The van der Waals surface area contributed by atoms with Gasteiger partial charge in [0.15, 0.2) is 0 Å². The lowest BCUT2D eigenvalue weighted by Crippen LogP contribution is -2.41. The summed E-state index contributed by atoms with van der Waals surface area (Å²) < 4.78 is 32.9. The van der Waals surface area contributed by atoms with Gasteiger partial charge in [-0.15, -0.1) is 0 Å². The molecule has 0 spiro atoms. The fraction of sp³-hybridized carbons (Fsp3) is 0.143. The largest absolute Gasteiger partial charge is 0.466 e. The molecule has 0 radical (unpaired) electrons. The lowest BCUT2D eigenvalue weighted by atomic mass is 10.2. The Morgan fingerprint density at radius 3 is 2.10 bits per heavy atom. The van der Waals surface area contributed by atoms with Gasteiger partial charge >= 0.3 is 0 Å². The number of benzene rings is 2. The summed E-state index contributed by atoms with van der Waals surface area (Å²) in [7, 11) is -3.80. The van der Waals surface area contributed by atoms with Crippen molar-refractivity contribution in [2.45, 2.75) is 25.7 Å². The van der Waals surface area contributed by atoms with Crippen LogP contribution in [-0.2, 0) is 10.0 Å². The minimum absolute atomic E-state index is 0.0100. The van der Waals surface area contributed by atoms with Crippen LogP contribution in [0.15, 0.2) is 63.9 Å². The molecule has 0 atom stereocenters. The van der Waals surface area contributed by atoms with Crippen molar-refractivity contribution in [2.75, 3.05) is 4.72 Å². The summed E-state index contributed by atoms with van der Waals surface area (Å²) in [6.07, 6.45) is 0. The van der Waals surface area contributed by atoms with E-state index in [1.165, 1.54) is 24.3 Å². The van der Waals surface area contributed by atoms with Gasteiger partial charge in [-0.2, -0.15) is 0 Å². The predicted molar refractivity (Wildman–Crippen MR) is 112 cm³/mol. The number of carbonyl (C=O) groups excluding carboxylic acids is 2. The van der Waals surface area contributed by atoms with Gasteiger partial charge in [-0.05, 0) is 62.7 Å². The van der Waals surface area contributed by atoms with Crippen molar-refractivity contribution in [3.8, 4) is 0 Å². The number of anilines is 1. The van der Waals surface area contributed by atoms with E-state index < -0.39 is 21.8 Å². The quantitative estimate of drug-likeness (QED) is 0.541. The zero-order valence-electron chi connectivity index (χ0n) is 16.6. The predicted octanol–water partition coefficient (Wildman–Crippen LogP) is 3.08. The van der Waals surface area contributed by atoms with Gasteiger partial charge in [0.1, 0.15) is 11.5 Å². The minimum Gasteiger partial charge on any atom is -0.466 e. The lowest BCUT2D eigenvalue weighted by Gasteiger charge is -2.11. The van der Waals surface area contributed by atoms with E-state index in [2.05, 4.69) is 15.6 Å². The van der Waals surface area contributed by atoms with E-state index in [0.717, 1.165) is 5.56 Å². The molecule has 2 amide bonds. The number of carbonyl (C=O) groups is 2. The first-order valence-electron chi connectivity index (χ1n) is 9.03. The Labute approximate surface area is 174 Å². The van der Waals surface area contributed by atoms with E-state index in [1.54, 1.807) is 45.0 Å². The van der Waals surface area contributed by atoms with Crippen LogP contribution in [0.3, 0.4) is 0 Å². The van der Waals surface area contributed by atoms with Crippen LogP contribution in [0.5, 0.6) is 0 Å². The van der Waals surface area contributed by atoms with Crippen molar-refractivity contribution in [1.82, 2.24) is 10.9 Å². The van der Waals surface area contributed by atoms with Crippen LogP contribution in [0.2, 0.25) is 0 Å². The molecule has 1 aromatic heterocycles. The third-order valence-corrected chi connectivity index (χ3v) is 5.77. The van der Waals surface area contributed by atoms with Crippen molar-refractivity contribution >= 4 is 27.5 Å². The number of hydrazine groups is 1. The van der Waals surface area contributed by atoms with Gasteiger partial charge in [-0.25, -0.2) is 8.42 Å². The number of para-hydroxylation sites is 1. The molecule has 0 fully saturated rings. The normalized spacial score (nSPS) is 11.0. The molecule has 3 N–H and O–H groups in total. The van der Waals surface area contributed by atoms with Crippen LogP contribution in [0.4, 0.5) is 5.69 Å². The fourth-order valence-corrected chi connectivity index (χ4v) is 3.92. The molecule has 0 unspecified atom stereocenters. The standard InChI is InChI=1S/C21H21N3O5S/c1-13-6-4-5-7-19(13)24-30(27,28)17-10-8-16(9-11-17)20(25)22-23-21(26)18-12-14(2)29-15(18)3/h4-12,24H,1-3H3,(H,22,25)(H,23,26). The maximum absolute atomic E-state index is 12.6. The first kappa shape index (κ1) is 21.1. The highest BCUT2D eigenvalue weighted by Gasteiger charge is 2.17. The van der Waals surface area contributed by atoms with Crippen molar-refractivity contribution in [3.05, 3.63) is 82.8 Å². The van der Waals surface area contributed by atoms with E-state index in [1.807, 2.05) is 6.07 Å². The van der Waals surface area contributed by atoms with Gasteiger partial charge in [0.05, 0.1) is 16.1 Å². The molecule has 30 heavy (non-hydrogen) atoms. The first-order valence-corrected chi connectivity index (χ1v) is 10.5. The topological polar surface area (TPSA) is 118 Å². The summed E-state index contributed by atoms with van der Waals surface area (Å²) in [5.74, 6) is -0.0774. The molecule has 2 aromatic carbocycles. The van der Waals surface area contributed by atoms with Gasteiger partial charge < -0.3 is 4.42 Å². The summed E-state index contributed by atoms with van der Waals surface area (Å²) in [6.45, 7) is 5.16. The van der Waals surface area contributed by atoms with E-state index in [9.17, 15) is 18.0 Å². The fourth-order valence-electron chi connectivity index (χ4n) is 2.79. The van der Waals surface area contributed by atoms with E-state index in [0.29, 0.717) is 22.8 Å². The molecule has 1 heterocycles. The molecule has 0 saturated heterocycles. The van der Waals surface area contributed by atoms with Gasteiger partial charge in [0, 0.05) is 5.56 Å². The molecule has 0 aliphatic carbocycles. The van der Waals surface area contributed by atoms with Crippen LogP contribution in [-0.4, -0.2) is 20.2 Å². The van der Waals surface area contributed by atoms with E-state index >= 15 is 0 Å². The first-order chi connectivity index (χ1) is 14.2. The number of rotatable bonds is 5. The molecule has 0 bridgehead atoms. The number of aryl methyl sites for hydroxylation is 3. The van der Waals surface area contributed by atoms with Gasteiger partial charge in [0.2, 0.25) is 0 Å². The number of nitrogens with one attached hydrogen (secondary N) is 3. The van der Waals surface area contributed by atoms with Crippen molar-refractivity contribution in [1.29, 1.82) is 0 Å². The Hall–Kier alpha value is -3.59. The molecule has 9 heteroatoms. The summed E-state index contributed by atoms with van der Waals surface area (Å²) in [4.78, 5) is 24.4. The van der Waals surface area contributed by atoms with Gasteiger partial charge in [0.25, 0.3) is 21.8 Å². The molecule has 8 nitrogen and oxygen atoms in total. The van der Waals surface area contributed by atoms with Crippen molar-refractivity contribution in [2.24, 2.45) is 0 Å². The van der Waals surface area contributed by atoms with Crippen LogP contribution in [0.1, 0.15) is 37.8 Å². The molecular weight excluding hydrogens is 406 g/mol. The second-order valence-electron chi connectivity index (χ2n) is 6.68. The number of sulfonamides is 1. The average Bonchev–Trinajstić information content (AvgIpc) is 3.05. The van der Waals surface area contributed by atoms with E-state index in [4.69, 9.17) is 4.42 Å². The van der Waals surface area contributed by atoms with Crippen LogP contribution in [0.25, 0.3) is 0 Å². The summed E-state index contributed by atoms with van der Waals surface area (Å²) >= 11 is 0. The van der Waals surface area contributed by atoms with Crippen molar-refractivity contribution < 1.29 is 22.4 Å². The zero-order valence-corrected chi connectivity index (χ0v) is 17.5. The smallest absolute Gasteiger partial charge is 0.273 e. The second kappa shape index (κ2) is 8.42. The third kappa shape index (κ3) is 4.69. The highest BCUT2D eigenvalue weighted by atomic mass is 32.2. The van der Waals surface area contributed by atoms with E-state index in [-0.39, 0.29) is 10.5 Å². The summed E-state index contributed by atoms with van der Waals surface area (Å²) in [6, 6.07) is 13.9. The Kier molecular flexibility index (Phi) is 5.93. The molecule has 156 valence electrons. The van der Waals surface area contributed by atoms with Crippen molar-refractivity contribution in [3.63, 3.8) is 0 Å². The number of furan rings is 1. The Bertz CT molecular complexity index is 1200. The van der Waals surface area contributed by atoms with Crippen LogP contribution < -0.4 is 15.6 Å². The van der Waals surface area contributed by atoms with Gasteiger partial charge in [-0.1, -0.05) is 18.2 Å². The maximum Gasteiger partial charge on any atom is 0.273 e. The molecule has 0 saturated carbocycles. The third-order valence-electron chi connectivity index (χ3n) is 4.39. The van der Waals surface area contributed by atoms with Gasteiger partial charge in [-0.3, -0.25) is 25.2 Å². The Morgan fingerprint density at radius 2 is 1.50 bits per heavy atom. The zero-order chi connectivity index (χ0) is 21.9. The lowest BCUT2D eigenvalue weighted by molar-refractivity contribution is 0.0845. The molecule has 3 rings (SSSR count). The second-order valence-corrected chi connectivity index (χ2v) is 8.36. The molecule has 0 aliphatic rings. The SMILES string of the molecule is Cc1cc(C(=O)NNC(=O)c2ccc(S(=O)(=O)Nc3ccccc3C)cc2)c(C)o1. The Morgan fingerprint density at radius 1 is 0.867 bits per heavy atom. The minimum atomic E-state index is -3.80. The highest BCUT2D eigenvalue weighted by Crippen LogP contribution is 2.19. The average molecular weight is 427 g/mol. The summed E-state index contributed by atoms with van der Waals surface area (Å²) in [5, 5.41) is 0. The monoisotopic (exact) mass is 427 g/mol. The molecule has 3 aromatic rings. The van der Waals surface area contributed by atoms with Crippen LogP contribution >= 0.6 is 0 Å². The van der Waals surface area contributed by atoms with Crippen LogP contribution in [0, 0.1) is 20.8 Å². The molecule has 0 aliphatic heterocycles. The number of hydrogen-bond donors (Lipinski definition) is 3. The number of hydrogen-bond acceptors (Lipinski definition) is 5. The maximum atomic E-state index is 12.6. The Balaban J connectivity index is 1.66. The highest BCUT2D eigenvalue weighted by molar-refractivity contribution is 7.92.